The van der Waals surface area contributed by atoms with Crippen LogP contribution in [-0.2, 0) is 22.6 Å². The minimum absolute atomic E-state index is 0.264. The van der Waals surface area contributed by atoms with E-state index in [1.807, 2.05) is 30.3 Å². The zero-order valence-corrected chi connectivity index (χ0v) is 14.5. The topological polar surface area (TPSA) is 55.1 Å². The molecule has 1 N–H and O–H groups in total. The van der Waals surface area contributed by atoms with E-state index in [4.69, 9.17) is 13.9 Å². The monoisotopic (exact) mass is 345 g/mol. The molecule has 0 bridgehead atoms. The summed E-state index contributed by atoms with van der Waals surface area (Å²) in [4.78, 5) is 2.26. The summed E-state index contributed by atoms with van der Waals surface area (Å²) >= 11 is 0. The lowest BCUT2D eigenvalue weighted by molar-refractivity contribution is -0.00635. The predicted octanol–water partition coefficient (Wildman–Crippen LogP) is 2.84. The molecule has 1 fully saturated rings. The lowest BCUT2D eigenvalue weighted by atomic mass is 10.1. The van der Waals surface area contributed by atoms with Gasteiger partial charge in [0.2, 0.25) is 0 Å². The first-order chi connectivity index (χ1) is 12.3. The highest BCUT2D eigenvalue weighted by Crippen LogP contribution is 2.15. The van der Waals surface area contributed by atoms with Crippen molar-refractivity contribution in [2.75, 3.05) is 26.3 Å². The molecule has 25 heavy (non-hydrogen) atoms. The van der Waals surface area contributed by atoms with E-state index in [0.29, 0.717) is 13.2 Å². The van der Waals surface area contributed by atoms with E-state index in [2.05, 4.69) is 17.0 Å². The van der Waals surface area contributed by atoms with Gasteiger partial charge in [-0.05, 0) is 30.5 Å². The summed E-state index contributed by atoms with van der Waals surface area (Å²) in [6.45, 7) is 3.72. The standard InChI is InChI=1S/C20H27NO4/c22-18(15-23-16-20-9-5-11-25-20)13-21(14-19-8-4-10-24-19)12-17-6-2-1-3-7-17/h1-3,5-7,9,11,18-19,22H,4,8,10,12-16H2/t18-,19+/m0/s1. The average molecular weight is 345 g/mol. The van der Waals surface area contributed by atoms with Gasteiger partial charge in [-0.1, -0.05) is 30.3 Å². The van der Waals surface area contributed by atoms with Crippen molar-refractivity contribution in [2.45, 2.75) is 38.2 Å². The quantitative estimate of drug-likeness (QED) is 0.718. The van der Waals surface area contributed by atoms with Crippen LogP contribution < -0.4 is 0 Å². The molecule has 1 saturated heterocycles. The molecule has 1 aromatic heterocycles. The van der Waals surface area contributed by atoms with Crippen LogP contribution >= 0.6 is 0 Å². The zero-order chi connectivity index (χ0) is 17.3. The Kier molecular flexibility index (Phi) is 7.06. The molecule has 1 aliphatic rings. The molecular weight excluding hydrogens is 318 g/mol. The highest BCUT2D eigenvalue weighted by Gasteiger charge is 2.21. The van der Waals surface area contributed by atoms with Crippen LogP contribution in [0.3, 0.4) is 0 Å². The van der Waals surface area contributed by atoms with E-state index >= 15 is 0 Å². The summed E-state index contributed by atoms with van der Waals surface area (Å²) in [7, 11) is 0. The Bertz CT molecular complexity index is 581. The number of rotatable bonds is 10. The normalized spacial score (nSPS) is 18.7. The molecule has 0 radical (unpaired) electrons. The Hall–Kier alpha value is -1.66. The second-order valence-electron chi connectivity index (χ2n) is 6.56. The highest BCUT2D eigenvalue weighted by atomic mass is 16.5. The molecular formula is C20H27NO4. The van der Waals surface area contributed by atoms with Crippen LogP contribution in [0.4, 0.5) is 0 Å². The van der Waals surface area contributed by atoms with Crippen molar-refractivity contribution >= 4 is 0 Å². The summed E-state index contributed by atoms with van der Waals surface area (Å²) < 4.78 is 16.6. The fourth-order valence-corrected chi connectivity index (χ4v) is 3.16. The first-order valence-corrected chi connectivity index (χ1v) is 8.95. The van der Waals surface area contributed by atoms with Crippen LogP contribution in [0.25, 0.3) is 0 Å². The molecule has 0 amide bonds. The molecule has 3 rings (SSSR count). The maximum absolute atomic E-state index is 10.4. The van der Waals surface area contributed by atoms with Crippen LogP contribution in [0.15, 0.2) is 53.1 Å². The van der Waals surface area contributed by atoms with Gasteiger partial charge in [0.1, 0.15) is 12.4 Å². The minimum atomic E-state index is -0.542. The first-order valence-electron chi connectivity index (χ1n) is 8.95. The van der Waals surface area contributed by atoms with E-state index < -0.39 is 6.10 Å². The number of hydrogen-bond donors (Lipinski definition) is 1. The molecule has 0 saturated carbocycles. The molecule has 136 valence electrons. The van der Waals surface area contributed by atoms with Crippen molar-refractivity contribution in [3.8, 4) is 0 Å². The predicted molar refractivity (Wildman–Crippen MR) is 95.1 cm³/mol. The van der Waals surface area contributed by atoms with Gasteiger partial charge < -0.3 is 19.0 Å². The molecule has 1 aromatic carbocycles. The smallest absolute Gasteiger partial charge is 0.129 e. The van der Waals surface area contributed by atoms with E-state index in [9.17, 15) is 5.11 Å². The zero-order valence-electron chi connectivity index (χ0n) is 14.5. The van der Waals surface area contributed by atoms with Gasteiger partial charge >= 0.3 is 0 Å². The summed E-state index contributed by atoms with van der Waals surface area (Å²) in [6.07, 6.45) is 3.56. The van der Waals surface area contributed by atoms with Crippen LogP contribution in [0.2, 0.25) is 0 Å². The third kappa shape index (κ3) is 6.29. The average Bonchev–Trinajstić information content (AvgIpc) is 3.29. The van der Waals surface area contributed by atoms with Crippen molar-refractivity contribution in [1.82, 2.24) is 4.90 Å². The van der Waals surface area contributed by atoms with Crippen LogP contribution in [0.5, 0.6) is 0 Å². The van der Waals surface area contributed by atoms with E-state index in [1.165, 1.54) is 5.56 Å². The van der Waals surface area contributed by atoms with Gasteiger partial charge in [0.15, 0.2) is 0 Å². The lowest BCUT2D eigenvalue weighted by Crippen LogP contribution is -2.39. The maximum Gasteiger partial charge on any atom is 0.129 e. The highest BCUT2D eigenvalue weighted by molar-refractivity contribution is 5.14. The minimum Gasteiger partial charge on any atom is -0.467 e. The number of furan rings is 1. The Morgan fingerprint density at radius 1 is 1.20 bits per heavy atom. The van der Waals surface area contributed by atoms with Gasteiger partial charge in [-0.25, -0.2) is 0 Å². The van der Waals surface area contributed by atoms with Crippen molar-refractivity contribution in [3.05, 3.63) is 60.1 Å². The SMILES string of the molecule is O[C@H](COCc1ccco1)CN(Cc1ccccc1)C[C@H]1CCCO1. The number of nitrogens with zero attached hydrogens (tertiary/aromatic N) is 1. The summed E-state index contributed by atoms with van der Waals surface area (Å²) in [6, 6.07) is 14.0. The summed E-state index contributed by atoms with van der Waals surface area (Å²) in [5, 5.41) is 10.4. The number of hydrogen-bond acceptors (Lipinski definition) is 5. The van der Waals surface area contributed by atoms with E-state index in [0.717, 1.165) is 38.3 Å². The first kappa shape index (κ1) is 18.1. The molecule has 0 aliphatic carbocycles. The van der Waals surface area contributed by atoms with Crippen molar-refractivity contribution in [3.63, 3.8) is 0 Å². The molecule has 2 heterocycles. The Balaban J connectivity index is 1.48. The molecule has 5 nitrogen and oxygen atoms in total. The number of aliphatic hydroxyl groups excluding tert-OH is 1. The maximum atomic E-state index is 10.4. The lowest BCUT2D eigenvalue weighted by Gasteiger charge is -2.27. The van der Waals surface area contributed by atoms with Crippen molar-refractivity contribution < 1.29 is 19.0 Å². The Morgan fingerprint density at radius 2 is 2.08 bits per heavy atom. The molecule has 0 spiro atoms. The van der Waals surface area contributed by atoms with E-state index in [1.54, 1.807) is 6.26 Å². The second kappa shape index (κ2) is 9.73. The molecule has 0 unspecified atom stereocenters. The van der Waals surface area contributed by atoms with Gasteiger partial charge in [0, 0.05) is 26.2 Å². The van der Waals surface area contributed by atoms with Gasteiger partial charge in [0.25, 0.3) is 0 Å². The van der Waals surface area contributed by atoms with Crippen LogP contribution in [-0.4, -0.2) is 48.5 Å². The van der Waals surface area contributed by atoms with Crippen molar-refractivity contribution in [1.29, 1.82) is 0 Å². The molecule has 2 aromatic rings. The molecule has 2 atom stereocenters. The summed E-state index contributed by atoms with van der Waals surface area (Å²) in [5.41, 5.74) is 1.24. The largest absolute Gasteiger partial charge is 0.467 e. The Morgan fingerprint density at radius 3 is 2.80 bits per heavy atom. The number of ether oxygens (including phenoxy) is 2. The third-order valence-electron chi connectivity index (χ3n) is 4.34. The number of benzene rings is 1. The van der Waals surface area contributed by atoms with Gasteiger partial charge in [-0.3, -0.25) is 4.90 Å². The van der Waals surface area contributed by atoms with Crippen molar-refractivity contribution in [2.24, 2.45) is 0 Å². The Labute approximate surface area is 149 Å². The van der Waals surface area contributed by atoms with Crippen LogP contribution in [0.1, 0.15) is 24.2 Å². The number of aliphatic hydroxyl groups is 1. The second-order valence-corrected chi connectivity index (χ2v) is 6.56. The van der Waals surface area contributed by atoms with Gasteiger partial charge in [-0.15, -0.1) is 0 Å². The van der Waals surface area contributed by atoms with Crippen LogP contribution in [0, 0.1) is 0 Å². The van der Waals surface area contributed by atoms with Gasteiger partial charge in [0.05, 0.1) is 25.1 Å². The third-order valence-corrected chi connectivity index (χ3v) is 4.34. The van der Waals surface area contributed by atoms with Gasteiger partial charge in [-0.2, -0.15) is 0 Å². The fraction of sp³-hybridized carbons (Fsp3) is 0.500. The fourth-order valence-electron chi connectivity index (χ4n) is 3.16. The molecule has 1 aliphatic heterocycles. The summed E-state index contributed by atoms with van der Waals surface area (Å²) in [5.74, 6) is 0.771. The molecule has 5 heteroatoms. The van der Waals surface area contributed by atoms with E-state index in [-0.39, 0.29) is 12.7 Å².